The van der Waals surface area contributed by atoms with E-state index in [0.717, 1.165) is 0 Å². The molecule has 0 aliphatic heterocycles. The zero-order chi connectivity index (χ0) is 15.8. The van der Waals surface area contributed by atoms with Crippen LogP contribution in [0.5, 0.6) is 0 Å². The Morgan fingerprint density at radius 3 is 2.29 bits per heavy atom. The molecule has 3 amide bonds. The monoisotopic (exact) mass is 293 g/mol. The van der Waals surface area contributed by atoms with Crippen LogP contribution in [0, 0.1) is 5.92 Å². The van der Waals surface area contributed by atoms with Crippen molar-refractivity contribution in [3.05, 3.63) is 30.3 Å². The van der Waals surface area contributed by atoms with Crippen molar-refractivity contribution in [3.8, 4) is 0 Å². The highest BCUT2D eigenvalue weighted by atomic mass is 16.3. The minimum absolute atomic E-state index is 0.0690. The number of aliphatic hydroxyl groups is 1. The molecule has 0 aliphatic carbocycles. The fourth-order valence-corrected chi connectivity index (χ4v) is 1.72. The second-order valence-corrected chi connectivity index (χ2v) is 5.28. The van der Waals surface area contributed by atoms with E-state index in [2.05, 4.69) is 16.0 Å². The Bertz CT molecular complexity index is 460. The number of carbonyl (C=O) groups is 2. The minimum Gasteiger partial charge on any atom is -0.392 e. The van der Waals surface area contributed by atoms with Crippen LogP contribution >= 0.6 is 0 Å². The van der Waals surface area contributed by atoms with Gasteiger partial charge in [-0.25, -0.2) is 4.79 Å². The molecule has 0 aromatic heterocycles. The average molecular weight is 293 g/mol. The van der Waals surface area contributed by atoms with Crippen molar-refractivity contribution in [1.82, 2.24) is 10.6 Å². The van der Waals surface area contributed by atoms with Gasteiger partial charge in [0, 0.05) is 12.2 Å². The quantitative estimate of drug-likeness (QED) is 0.638. The van der Waals surface area contributed by atoms with E-state index < -0.39 is 18.2 Å². The first-order valence-electron chi connectivity index (χ1n) is 6.98. The van der Waals surface area contributed by atoms with Crippen molar-refractivity contribution in [2.75, 3.05) is 11.9 Å². The molecule has 1 aromatic rings. The fourth-order valence-electron chi connectivity index (χ4n) is 1.72. The molecule has 0 saturated heterocycles. The molecule has 6 nitrogen and oxygen atoms in total. The lowest BCUT2D eigenvalue weighted by Crippen LogP contribution is -2.51. The van der Waals surface area contributed by atoms with Crippen molar-refractivity contribution < 1.29 is 14.7 Å². The summed E-state index contributed by atoms with van der Waals surface area (Å²) in [7, 11) is 0. The maximum absolute atomic E-state index is 12.0. The first-order valence-corrected chi connectivity index (χ1v) is 6.98. The number of aliphatic hydroxyl groups excluding tert-OH is 1. The van der Waals surface area contributed by atoms with Crippen LogP contribution in [0.4, 0.5) is 10.5 Å². The molecule has 2 unspecified atom stereocenters. The number of nitrogens with one attached hydrogen (secondary N) is 3. The van der Waals surface area contributed by atoms with E-state index in [1.807, 2.05) is 32.0 Å². The van der Waals surface area contributed by atoms with Gasteiger partial charge in [0.2, 0.25) is 5.91 Å². The summed E-state index contributed by atoms with van der Waals surface area (Å²) >= 11 is 0. The normalized spacial score (nSPS) is 13.4. The number of amides is 3. The number of carbonyl (C=O) groups excluding carboxylic acids is 2. The fraction of sp³-hybridized carbons (Fsp3) is 0.467. The zero-order valence-electron chi connectivity index (χ0n) is 12.6. The summed E-state index contributed by atoms with van der Waals surface area (Å²) in [6, 6.07) is 7.90. The van der Waals surface area contributed by atoms with E-state index in [-0.39, 0.29) is 18.4 Å². The average Bonchev–Trinajstić information content (AvgIpc) is 2.43. The second-order valence-electron chi connectivity index (χ2n) is 5.28. The van der Waals surface area contributed by atoms with E-state index in [4.69, 9.17) is 0 Å². The van der Waals surface area contributed by atoms with Crippen LogP contribution in [0.2, 0.25) is 0 Å². The lowest BCUT2D eigenvalue weighted by Gasteiger charge is -2.22. The van der Waals surface area contributed by atoms with Crippen LogP contribution in [0.15, 0.2) is 30.3 Å². The molecular formula is C15H23N3O3. The first kappa shape index (κ1) is 17.0. The highest BCUT2D eigenvalue weighted by molar-refractivity contribution is 5.93. The maximum atomic E-state index is 12.0. The third kappa shape index (κ3) is 6.27. The summed E-state index contributed by atoms with van der Waals surface area (Å²) < 4.78 is 0. The van der Waals surface area contributed by atoms with E-state index in [1.165, 1.54) is 0 Å². The molecule has 0 saturated carbocycles. The lowest BCUT2D eigenvalue weighted by molar-refractivity contribution is -0.124. The molecular weight excluding hydrogens is 270 g/mol. The molecule has 0 radical (unpaired) electrons. The Kier molecular flexibility index (Phi) is 6.68. The number of rotatable bonds is 6. The third-order valence-electron chi connectivity index (χ3n) is 2.84. The predicted molar refractivity (Wildman–Crippen MR) is 81.9 cm³/mol. The predicted octanol–water partition coefficient (Wildman–Crippen LogP) is 1.33. The highest BCUT2D eigenvalue weighted by Gasteiger charge is 2.24. The Hall–Kier alpha value is -2.08. The number of hydrogen-bond acceptors (Lipinski definition) is 3. The van der Waals surface area contributed by atoms with Gasteiger partial charge in [-0.3, -0.25) is 4.79 Å². The van der Waals surface area contributed by atoms with Crippen molar-refractivity contribution in [2.45, 2.75) is 32.9 Å². The van der Waals surface area contributed by atoms with Crippen molar-refractivity contribution >= 4 is 17.6 Å². The summed E-state index contributed by atoms with van der Waals surface area (Å²) in [4.78, 5) is 23.9. The number of urea groups is 1. The molecule has 0 bridgehead atoms. The lowest BCUT2D eigenvalue weighted by atomic mass is 10.0. The van der Waals surface area contributed by atoms with Gasteiger partial charge in [0.1, 0.15) is 6.04 Å². The second kappa shape index (κ2) is 8.26. The molecule has 0 aliphatic rings. The highest BCUT2D eigenvalue weighted by Crippen LogP contribution is 2.06. The summed E-state index contributed by atoms with van der Waals surface area (Å²) in [5.74, 6) is -0.380. The summed E-state index contributed by atoms with van der Waals surface area (Å²) in [6.07, 6.45) is -0.625. The van der Waals surface area contributed by atoms with E-state index in [9.17, 15) is 14.7 Å². The SMILES string of the molecule is CC(O)CNC(=O)C(NC(=O)Nc1ccccc1)C(C)C. The van der Waals surface area contributed by atoms with Crippen molar-refractivity contribution in [1.29, 1.82) is 0 Å². The van der Waals surface area contributed by atoms with Crippen molar-refractivity contribution in [2.24, 2.45) is 5.92 Å². The smallest absolute Gasteiger partial charge is 0.319 e. The summed E-state index contributed by atoms with van der Waals surface area (Å²) in [5.41, 5.74) is 0.655. The van der Waals surface area contributed by atoms with Gasteiger partial charge in [0.05, 0.1) is 6.10 Å². The van der Waals surface area contributed by atoms with Crippen LogP contribution in [0.25, 0.3) is 0 Å². The Morgan fingerprint density at radius 1 is 1.14 bits per heavy atom. The molecule has 0 heterocycles. The van der Waals surface area contributed by atoms with Crippen LogP contribution in [0.3, 0.4) is 0 Å². The van der Waals surface area contributed by atoms with Crippen LogP contribution < -0.4 is 16.0 Å². The molecule has 0 fully saturated rings. The number of hydrogen-bond donors (Lipinski definition) is 4. The van der Waals surface area contributed by atoms with Gasteiger partial charge in [-0.05, 0) is 25.0 Å². The van der Waals surface area contributed by atoms with Gasteiger partial charge in [0.25, 0.3) is 0 Å². The Labute approximate surface area is 124 Å². The Balaban J connectivity index is 2.57. The van der Waals surface area contributed by atoms with Gasteiger partial charge in [0.15, 0.2) is 0 Å². The molecule has 0 spiro atoms. The van der Waals surface area contributed by atoms with Gasteiger partial charge < -0.3 is 21.1 Å². The molecule has 6 heteroatoms. The molecule has 116 valence electrons. The number of benzene rings is 1. The first-order chi connectivity index (χ1) is 9.90. The van der Waals surface area contributed by atoms with Crippen LogP contribution in [-0.4, -0.2) is 35.7 Å². The van der Waals surface area contributed by atoms with E-state index in [0.29, 0.717) is 5.69 Å². The van der Waals surface area contributed by atoms with Gasteiger partial charge in [-0.1, -0.05) is 32.0 Å². The van der Waals surface area contributed by atoms with E-state index in [1.54, 1.807) is 19.1 Å². The molecule has 1 rings (SSSR count). The standard InChI is InChI=1S/C15H23N3O3/c1-10(2)13(14(20)16-9-11(3)19)18-15(21)17-12-7-5-4-6-8-12/h4-8,10-11,13,19H,9H2,1-3H3,(H,16,20)(H2,17,18,21). The van der Waals surface area contributed by atoms with Crippen molar-refractivity contribution in [3.63, 3.8) is 0 Å². The largest absolute Gasteiger partial charge is 0.392 e. The number of anilines is 1. The van der Waals surface area contributed by atoms with Crippen LogP contribution in [-0.2, 0) is 4.79 Å². The Morgan fingerprint density at radius 2 is 1.76 bits per heavy atom. The molecule has 4 N–H and O–H groups in total. The molecule has 21 heavy (non-hydrogen) atoms. The maximum Gasteiger partial charge on any atom is 0.319 e. The third-order valence-corrected chi connectivity index (χ3v) is 2.84. The summed E-state index contributed by atoms with van der Waals surface area (Å²) in [6.45, 7) is 5.43. The van der Waals surface area contributed by atoms with Gasteiger partial charge in [-0.2, -0.15) is 0 Å². The zero-order valence-corrected chi connectivity index (χ0v) is 12.6. The summed E-state index contributed by atoms with van der Waals surface area (Å²) in [5, 5.41) is 17.1. The van der Waals surface area contributed by atoms with E-state index >= 15 is 0 Å². The topological polar surface area (TPSA) is 90.5 Å². The molecule has 2 atom stereocenters. The van der Waals surface area contributed by atoms with Gasteiger partial charge >= 0.3 is 6.03 Å². The number of para-hydroxylation sites is 1. The minimum atomic E-state index is -0.660. The van der Waals surface area contributed by atoms with Crippen LogP contribution in [0.1, 0.15) is 20.8 Å². The van der Waals surface area contributed by atoms with Gasteiger partial charge in [-0.15, -0.1) is 0 Å². The molecule has 1 aromatic carbocycles.